The highest BCUT2D eigenvalue weighted by molar-refractivity contribution is 7.89. The molecule has 3 atom stereocenters. The van der Waals surface area contributed by atoms with Crippen molar-refractivity contribution in [3.05, 3.63) is 64.6 Å². The molecule has 176 valence electrons. The van der Waals surface area contributed by atoms with E-state index in [1.807, 2.05) is 30.3 Å². The average Bonchev–Trinajstić information content (AvgIpc) is 3.10. The minimum atomic E-state index is -3.81. The van der Waals surface area contributed by atoms with Crippen molar-refractivity contribution in [2.75, 3.05) is 0 Å². The Morgan fingerprint density at radius 2 is 1.88 bits per heavy atom. The van der Waals surface area contributed by atoms with Gasteiger partial charge < -0.3 is 9.73 Å². The highest BCUT2D eigenvalue weighted by Crippen LogP contribution is 2.29. The van der Waals surface area contributed by atoms with E-state index in [2.05, 4.69) is 23.9 Å². The van der Waals surface area contributed by atoms with Gasteiger partial charge in [-0.25, -0.2) is 17.9 Å². The average molecular weight is 472 g/mol. The highest BCUT2D eigenvalue weighted by Gasteiger charge is 2.28. The van der Waals surface area contributed by atoms with Crippen LogP contribution < -0.4 is 15.8 Å². The molecule has 1 amide bonds. The minimum Gasteiger partial charge on any atom is -0.408 e. The molecule has 9 heteroatoms. The number of hydrogen-bond donors (Lipinski definition) is 2. The molecule has 8 nitrogen and oxygen atoms in total. The van der Waals surface area contributed by atoms with E-state index in [0.717, 1.165) is 24.8 Å². The van der Waals surface area contributed by atoms with Crippen molar-refractivity contribution in [1.82, 2.24) is 14.6 Å². The number of nitrogens with zero attached hydrogens (tertiary/aromatic N) is 1. The second kappa shape index (κ2) is 9.52. The van der Waals surface area contributed by atoms with Gasteiger partial charge in [-0.05, 0) is 36.0 Å². The number of carbonyl (C=O) groups excluding carboxylic acids is 1. The molecule has 33 heavy (non-hydrogen) atoms. The zero-order valence-electron chi connectivity index (χ0n) is 18.8. The Labute approximate surface area is 193 Å². The molecular weight excluding hydrogens is 442 g/mol. The number of aromatic nitrogens is 1. The zero-order valence-corrected chi connectivity index (χ0v) is 19.6. The molecule has 0 spiro atoms. The van der Waals surface area contributed by atoms with Gasteiger partial charge in [-0.15, -0.1) is 0 Å². The Hall–Kier alpha value is -2.91. The summed E-state index contributed by atoms with van der Waals surface area (Å²) in [5, 5.41) is 3.05. The van der Waals surface area contributed by atoms with Crippen molar-refractivity contribution in [3.63, 3.8) is 0 Å². The lowest BCUT2D eigenvalue weighted by Gasteiger charge is -2.34. The summed E-state index contributed by atoms with van der Waals surface area (Å²) in [6.07, 6.45) is 3.15. The van der Waals surface area contributed by atoms with Crippen LogP contribution in [0.2, 0.25) is 0 Å². The van der Waals surface area contributed by atoms with Crippen molar-refractivity contribution in [1.29, 1.82) is 0 Å². The van der Waals surface area contributed by atoms with Crippen LogP contribution >= 0.6 is 0 Å². The number of rotatable bonds is 7. The summed E-state index contributed by atoms with van der Waals surface area (Å²) < 4.78 is 34.4. The van der Waals surface area contributed by atoms with Gasteiger partial charge in [0, 0.05) is 18.7 Å². The molecule has 2 aromatic carbocycles. The third-order valence-corrected chi connectivity index (χ3v) is 8.01. The molecular formula is C24H29N3O5S. The molecule has 1 aliphatic carbocycles. The molecule has 3 unspecified atom stereocenters. The third-order valence-electron chi connectivity index (χ3n) is 6.61. The lowest BCUT2D eigenvalue weighted by atomic mass is 9.78. The number of nitrogens with one attached hydrogen (secondary N) is 2. The van der Waals surface area contributed by atoms with Gasteiger partial charge >= 0.3 is 5.76 Å². The monoisotopic (exact) mass is 471 g/mol. The Bertz CT molecular complexity index is 1300. The standard InChI is InChI=1S/C24H29N3O5S/c1-16-7-6-10-20(17(16)2)26-23(28)15-27-21-12-11-19(13-22(21)32-24(27)29)33(30,31)25-14-18-8-4-3-5-9-18/h3-5,8-9,11-13,16-17,20,25H,6-7,10,14-15H2,1-2H3,(H,26,28). The number of benzene rings is 2. The quantitative estimate of drug-likeness (QED) is 0.550. The van der Waals surface area contributed by atoms with E-state index in [0.29, 0.717) is 17.4 Å². The second-order valence-electron chi connectivity index (χ2n) is 8.84. The summed E-state index contributed by atoms with van der Waals surface area (Å²) in [5.41, 5.74) is 1.32. The minimum absolute atomic E-state index is 0.0127. The number of carbonyl (C=O) groups is 1. The first-order valence-electron chi connectivity index (χ1n) is 11.2. The molecule has 1 aromatic heterocycles. The fourth-order valence-electron chi connectivity index (χ4n) is 4.40. The van der Waals surface area contributed by atoms with Crippen LogP contribution in [0.1, 0.15) is 38.7 Å². The third kappa shape index (κ3) is 5.20. The van der Waals surface area contributed by atoms with Crippen LogP contribution in [-0.4, -0.2) is 24.9 Å². The first kappa shape index (κ1) is 23.3. The van der Waals surface area contributed by atoms with E-state index < -0.39 is 15.8 Å². The maximum absolute atomic E-state index is 12.7. The van der Waals surface area contributed by atoms with Crippen LogP contribution in [0.15, 0.2) is 62.6 Å². The van der Waals surface area contributed by atoms with Gasteiger partial charge in [-0.2, -0.15) is 0 Å². The summed E-state index contributed by atoms with van der Waals surface area (Å²) in [6, 6.07) is 13.5. The molecule has 1 fully saturated rings. The normalized spacial score (nSPS) is 21.2. The summed E-state index contributed by atoms with van der Waals surface area (Å²) in [5.74, 6) is -0.0435. The van der Waals surface area contributed by atoms with Crippen molar-refractivity contribution in [2.45, 2.75) is 57.1 Å². The Morgan fingerprint density at radius 1 is 1.12 bits per heavy atom. The largest absolute Gasteiger partial charge is 0.420 e. The van der Waals surface area contributed by atoms with Gasteiger partial charge in [0.05, 0.1) is 10.4 Å². The van der Waals surface area contributed by atoms with E-state index >= 15 is 0 Å². The Balaban J connectivity index is 1.49. The van der Waals surface area contributed by atoms with E-state index in [4.69, 9.17) is 4.42 Å². The van der Waals surface area contributed by atoms with Crippen LogP contribution in [0.3, 0.4) is 0 Å². The SMILES string of the molecule is CC1CCCC(NC(=O)Cn2c(=O)oc3cc(S(=O)(=O)NCc4ccccc4)ccc32)C1C. The van der Waals surface area contributed by atoms with Crippen LogP contribution in [0.5, 0.6) is 0 Å². The van der Waals surface area contributed by atoms with Gasteiger partial charge in [0.1, 0.15) is 6.54 Å². The van der Waals surface area contributed by atoms with Gasteiger partial charge in [0.2, 0.25) is 15.9 Å². The summed E-state index contributed by atoms with van der Waals surface area (Å²) >= 11 is 0. The molecule has 0 saturated heterocycles. The molecule has 0 bridgehead atoms. The molecule has 3 aromatic rings. The van der Waals surface area contributed by atoms with Crippen LogP contribution in [0.4, 0.5) is 0 Å². The predicted octanol–water partition coefficient (Wildman–Crippen LogP) is 3.01. The number of oxazole rings is 1. The fourth-order valence-corrected chi connectivity index (χ4v) is 5.44. The number of amides is 1. The van der Waals surface area contributed by atoms with Gasteiger partial charge in [0.25, 0.3) is 0 Å². The molecule has 0 aliphatic heterocycles. The van der Waals surface area contributed by atoms with Crippen LogP contribution in [0.25, 0.3) is 11.1 Å². The molecule has 4 rings (SSSR count). The van der Waals surface area contributed by atoms with Gasteiger partial charge in [-0.3, -0.25) is 9.36 Å². The van der Waals surface area contributed by atoms with E-state index in [9.17, 15) is 18.0 Å². The van der Waals surface area contributed by atoms with E-state index in [1.54, 1.807) is 0 Å². The first-order valence-corrected chi connectivity index (χ1v) is 12.7. The van der Waals surface area contributed by atoms with Crippen molar-refractivity contribution in [2.24, 2.45) is 11.8 Å². The molecule has 2 N–H and O–H groups in total. The molecule has 1 saturated carbocycles. The maximum Gasteiger partial charge on any atom is 0.420 e. The summed E-state index contributed by atoms with van der Waals surface area (Å²) in [6.45, 7) is 4.30. The first-order chi connectivity index (χ1) is 15.7. The van der Waals surface area contributed by atoms with Crippen LogP contribution in [-0.2, 0) is 27.9 Å². The summed E-state index contributed by atoms with van der Waals surface area (Å²) in [4.78, 5) is 25.0. The molecule has 0 radical (unpaired) electrons. The number of fused-ring (bicyclic) bond motifs is 1. The van der Waals surface area contributed by atoms with Crippen molar-refractivity contribution in [3.8, 4) is 0 Å². The van der Waals surface area contributed by atoms with Crippen LogP contribution in [0, 0.1) is 11.8 Å². The Kier molecular flexibility index (Phi) is 6.71. The van der Waals surface area contributed by atoms with Crippen molar-refractivity contribution < 1.29 is 17.6 Å². The zero-order chi connectivity index (χ0) is 23.6. The van der Waals surface area contributed by atoms with Gasteiger partial charge in [0.15, 0.2) is 5.58 Å². The smallest absolute Gasteiger partial charge is 0.408 e. The molecule has 1 aliphatic rings. The Morgan fingerprint density at radius 3 is 2.64 bits per heavy atom. The number of sulfonamides is 1. The lowest BCUT2D eigenvalue weighted by molar-refractivity contribution is -0.123. The fraction of sp³-hybridized carbons (Fsp3) is 0.417. The summed E-state index contributed by atoms with van der Waals surface area (Å²) in [7, 11) is -3.81. The maximum atomic E-state index is 12.7. The van der Waals surface area contributed by atoms with Crippen molar-refractivity contribution >= 4 is 27.0 Å². The number of hydrogen-bond acceptors (Lipinski definition) is 5. The van der Waals surface area contributed by atoms with Gasteiger partial charge in [-0.1, -0.05) is 57.0 Å². The predicted molar refractivity (Wildman–Crippen MR) is 125 cm³/mol. The second-order valence-corrected chi connectivity index (χ2v) is 10.6. The van der Waals surface area contributed by atoms with E-state index in [1.165, 1.54) is 22.8 Å². The lowest BCUT2D eigenvalue weighted by Crippen LogP contribution is -2.45. The molecule has 1 heterocycles. The van der Waals surface area contributed by atoms with E-state index in [-0.39, 0.29) is 35.5 Å². The highest BCUT2D eigenvalue weighted by atomic mass is 32.2. The topological polar surface area (TPSA) is 110 Å².